The van der Waals surface area contributed by atoms with E-state index in [0.717, 1.165) is 0 Å². The molecule has 0 aliphatic carbocycles. The number of halogens is 1. The first kappa shape index (κ1) is 16.6. The number of nitrogens with zero attached hydrogens (tertiary/aromatic N) is 1. The van der Waals surface area contributed by atoms with Crippen molar-refractivity contribution in [2.45, 2.75) is 13.0 Å². The molecule has 0 heterocycles. The molecule has 0 aliphatic heterocycles. The van der Waals surface area contributed by atoms with Gasteiger partial charge < -0.3 is 14.6 Å². The highest BCUT2D eigenvalue weighted by Crippen LogP contribution is 2.35. The summed E-state index contributed by atoms with van der Waals surface area (Å²) in [5.41, 5.74) is -0.0700. The molecule has 0 spiro atoms. The molecule has 1 atom stereocenters. The van der Waals surface area contributed by atoms with Crippen LogP contribution in [0.15, 0.2) is 42.5 Å². The van der Waals surface area contributed by atoms with Gasteiger partial charge in [0.1, 0.15) is 5.75 Å². The van der Waals surface area contributed by atoms with Gasteiger partial charge in [0.2, 0.25) is 0 Å². The maximum absolute atomic E-state index is 10.9. The van der Waals surface area contributed by atoms with Gasteiger partial charge in [-0.15, -0.1) is 0 Å². The summed E-state index contributed by atoms with van der Waals surface area (Å²) in [6, 6.07) is 9.91. The molecule has 0 aliphatic rings. The topological polar surface area (TPSA) is 98.9 Å². The average molecular weight is 338 g/mol. The first-order valence-corrected chi connectivity index (χ1v) is 6.86. The minimum Gasteiger partial charge on any atom is -0.479 e. The summed E-state index contributed by atoms with van der Waals surface area (Å²) in [6.45, 7) is 1.38. The summed E-state index contributed by atoms with van der Waals surface area (Å²) in [5, 5.41) is 19.9. The second-order valence-electron chi connectivity index (χ2n) is 4.54. The zero-order valence-electron chi connectivity index (χ0n) is 11.9. The zero-order valence-corrected chi connectivity index (χ0v) is 12.7. The van der Waals surface area contributed by atoms with Crippen LogP contribution < -0.4 is 9.47 Å². The smallest absolute Gasteiger partial charge is 0.344 e. The molecular weight excluding hydrogens is 326 g/mol. The summed E-state index contributed by atoms with van der Waals surface area (Å²) >= 11 is 5.91. The fraction of sp³-hybridized carbons (Fsp3) is 0.133. The standard InChI is InChI=1S/C15H12ClNO6/c1-9(15(18)19)22-13-7-2-10(16)8-14(13)23-12-5-3-11(4-6-12)17(20)21/h2-9H,1H3,(H,18,19)/t9-/m0/s1. The highest BCUT2D eigenvalue weighted by Gasteiger charge is 2.16. The van der Waals surface area contributed by atoms with E-state index in [1.807, 2.05) is 0 Å². The molecule has 1 N–H and O–H groups in total. The van der Waals surface area contributed by atoms with Crippen LogP contribution in [0.25, 0.3) is 0 Å². The van der Waals surface area contributed by atoms with Crippen molar-refractivity contribution in [3.63, 3.8) is 0 Å². The Morgan fingerprint density at radius 1 is 1.22 bits per heavy atom. The fourth-order valence-electron chi connectivity index (χ4n) is 1.66. The molecule has 0 amide bonds. The number of carboxylic acids is 1. The Morgan fingerprint density at radius 3 is 2.43 bits per heavy atom. The van der Waals surface area contributed by atoms with Gasteiger partial charge in [0.05, 0.1) is 4.92 Å². The van der Waals surface area contributed by atoms with E-state index in [1.165, 1.54) is 49.4 Å². The number of aliphatic carboxylic acids is 1. The van der Waals surface area contributed by atoms with Gasteiger partial charge in [-0.3, -0.25) is 10.1 Å². The van der Waals surface area contributed by atoms with Crippen molar-refractivity contribution < 1.29 is 24.3 Å². The fourth-order valence-corrected chi connectivity index (χ4v) is 1.82. The molecule has 7 nitrogen and oxygen atoms in total. The van der Waals surface area contributed by atoms with Crippen molar-refractivity contribution in [1.29, 1.82) is 0 Å². The number of rotatable bonds is 6. The van der Waals surface area contributed by atoms with Crippen LogP contribution in [0.5, 0.6) is 17.2 Å². The average Bonchev–Trinajstić information content (AvgIpc) is 2.50. The summed E-state index contributed by atoms with van der Waals surface area (Å²) < 4.78 is 10.9. The maximum Gasteiger partial charge on any atom is 0.344 e. The van der Waals surface area contributed by atoms with Gasteiger partial charge in [-0.1, -0.05) is 11.6 Å². The predicted octanol–water partition coefficient (Wildman–Crippen LogP) is 3.89. The third-order valence-electron chi connectivity index (χ3n) is 2.83. The molecule has 2 aromatic carbocycles. The summed E-state index contributed by atoms with van der Waals surface area (Å²) in [7, 11) is 0. The van der Waals surface area contributed by atoms with Gasteiger partial charge in [-0.2, -0.15) is 0 Å². The van der Waals surface area contributed by atoms with Crippen molar-refractivity contribution in [2.24, 2.45) is 0 Å². The summed E-state index contributed by atoms with van der Waals surface area (Å²) in [5.74, 6) is -0.394. The molecule has 2 aromatic rings. The van der Waals surface area contributed by atoms with Gasteiger partial charge in [0.15, 0.2) is 17.6 Å². The van der Waals surface area contributed by atoms with E-state index in [9.17, 15) is 14.9 Å². The minimum atomic E-state index is -1.12. The third kappa shape index (κ3) is 4.33. The quantitative estimate of drug-likeness (QED) is 0.634. The lowest BCUT2D eigenvalue weighted by Gasteiger charge is -2.15. The Hall–Kier alpha value is -2.80. The largest absolute Gasteiger partial charge is 0.479 e. The van der Waals surface area contributed by atoms with E-state index >= 15 is 0 Å². The molecule has 0 saturated heterocycles. The van der Waals surface area contributed by atoms with Crippen molar-refractivity contribution in [3.05, 3.63) is 57.6 Å². The number of nitro groups is 1. The SMILES string of the molecule is C[C@H](Oc1ccc(Cl)cc1Oc1ccc([N+](=O)[O-])cc1)C(=O)O. The number of non-ortho nitro benzene ring substituents is 1. The molecule has 0 aromatic heterocycles. The maximum atomic E-state index is 10.9. The Bertz CT molecular complexity index is 731. The van der Waals surface area contributed by atoms with Crippen LogP contribution in [0.3, 0.4) is 0 Å². The van der Waals surface area contributed by atoms with E-state index in [4.69, 9.17) is 26.2 Å². The highest BCUT2D eigenvalue weighted by atomic mass is 35.5. The van der Waals surface area contributed by atoms with Crippen molar-refractivity contribution in [3.8, 4) is 17.2 Å². The molecule has 120 valence electrons. The van der Waals surface area contributed by atoms with Crippen molar-refractivity contribution in [1.82, 2.24) is 0 Å². The van der Waals surface area contributed by atoms with Gasteiger partial charge >= 0.3 is 5.97 Å². The van der Waals surface area contributed by atoms with Gasteiger partial charge in [0, 0.05) is 23.2 Å². The van der Waals surface area contributed by atoms with Crippen LogP contribution in [-0.4, -0.2) is 22.1 Å². The Kier molecular flexibility index (Phi) is 5.02. The predicted molar refractivity (Wildman–Crippen MR) is 82.3 cm³/mol. The number of benzene rings is 2. The first-order valence-electron chi connectivity index (χ1n) is 6.48. The normalized spacial score (nSPS) is 11.6. The van der Waals surface area contributed by atoms with Gasteiger partial charge in [-0.05, 0) is 31.2 Å². The van der Waals surface area contributed by atoms with E-state index in [1.54, 1.807) is 0 Å². The lowest BCUT2D eigenvalue weighted by atomic mass is 10.3. The third-order valence-corrected chi connectivity index (χ3v) is 3.07. The summed E-state index contributed by atoms with van der Waals surface area (Å²) in [4.78, 5) is 21.0. The molecule has 2 rings (SSSR count). The lowest BCUT2D eigenvalue weighted by molar-refractivity contribution is -0.384. The van der Waals surface area contributed by atoms with Crippen LogP contribution in [0.1, 0.15) is 6.92 Å². The van der Waals surface area contributed by atoms with E-state index in [0.29, 0.717) is 10.8 Å². The van der Waals surface area contributed by atoms with E-state index in [-0.39, 0.29) is 17.2 Å². The molecule has 0 bridgehead atoms. The number of hydrogen-bond acceptors (Lipinski definition) is 5. The number of carboxylic acid groups (broad SMARTS) is 1. The van der Waals surface area contributed by atoms with Gasteiger partial charge in [0.25, 0.3) is 5.69 Å². The second-order valence-corrected chi connectivity index (χ2v) is 4.98. The Morgan fingerprint density at radius 2 is 1.87 bits per heavy atom. The number of ether oxygens (including phenoxy) is 2. The van der Waals surface area contributed by atoms with Crippen LogP contribution in [-0.2, 0) is 4.79 Å². The molecule has 0 fully saturated rings. The Balaban J connectivity index is 2.25. The molecular formula is C15H12ClNO6. The molecule has 8 heteroatoms. The summed E-state index contributed by atoms with van der Waals surface area (Å²) in [6.07, 6.45) is -1.07. The van der Waals surface area contributed by atoms with E-state index < -0.39 is 17.0 Å². The van der Waals surface area contributed by atoms with E-state index in [2.05, 4.69) is 0 Å². The monoisotopic (exact) mass is 337 g/mol. The lowest BCUT2D eigenvalue weighted by Crippen LogP contribution is -2.23. The molecule has 0 radical (unpaired) electrons. The van der Waals surface area contributed by atoms with Crippen LogP contribution >= 0.6 is 11.6 Å². The number of nitro benzene ring substituents is 1. The first-order chi connectivity index (χ1) is 10.9. The van der Waals surface area contributed by atoms with Crippen LogP contribution in [0.2, 0.25) is 5.02 Å². The number of hydrogen-bond donors (Lipinski definition) is 1. The molecule has 0 saturated carbocycles. The Labute approximate surface area is 136 Å². The zero-order chi connectivity index (χ0) is 17.0. The highest BCUT2D eigenvalue weighted by molar-refractivity contribution is 6.30. The molecule has 23 heavy (non-hydrogen) atoms. The van der Waals surface area contributed by atoms with Crippen LogP contribution in [0, 0.1) is 10.1 Å². The number of carbonyl (C=O) groups is 1. The van der Waals surface area contributed by atoms with Crippen molar-refractivity contribution in [2.75, 3.05) is 0 Å². The van der Waals surface area contributed by atoms with Crippen LogP contribution in [0.4, 0.5) is 5.69 Å². The van der Waals surface area contributed by atoms with Crippen molar-refractivity contribution >= 4 is 23.3 Å². The van der Waals surface area contributed by atoms with Gasteiger partial charge in [-0.25, -0.2) is 4.79 Å². The second kappa shape index (κ2) is 6.97. The minimum absolute atomic E-state index is 0.0700. The molecule has 0 unspecified atom stereocenters.